The summed E-state index contributed by atoms with van der Waals surface area (Å²) in [7, 11) is 2.05. The van der Waals surface area contributed by atoms with Crippen molar-refractivity contribution in [3.05, 3.63) is 42.1 Å². The van der Waals surface area contributed by atoms with E-state index < -0.39 is 0 Å². The fourth-order valence-corrected chi connectivity index (χ4v) is 3.52. The highest BCUT2D eigenvalue weighted by atomic mass is 15.2. The van der Waals surface area contributed by atoms with E-state index in [-0.39, 0.29) is 0 Å². The average molecular weight is 269 g/mol. The number of nitrogens with one attached hydrogen (secondary N) is 1. The van der Waals surface area contributed by atoms with E-state index in [2.05, 4.69) is 53.4 Å². The van der Waals surface area contributed by atoms with Gasteiger partial charge in [-0.1, -0.05) is 19.1 Å². The monoisotopic (exact) mass is 269 g/mol. The molecule has 2 heterocycles. The van der Waals surface area contributed by atoms with Crippen LogP contribution >= 0.6 is 0 Å². The molecule has 106 valence electrons. The lowest BCUT2D eigenvalue weighted by atomic mass is 9.92. The van der Waals surface area contributed by atoms with Crippen molar-refractivity contribution in [2.24, 2.45) is 5.92 Å². The van der Waals surface area contributed by atoms with Gasteiger partial charge in [0, 0.05) is 17.6 Å². The first-order chi connectivity index (χ1) is 9.83. The van der Waals surface area contributed by atoms with Crippen LogP contribution < -0.4 is 5.32 Å². The molecular formula is C17H23N3. The quantitative estimate of drug-likeness (QED) is 0.925. The summed E-state index contributed by atoms with van der Waals surface area (Å²) in [6, 6.07) is 11.5. The smallest absolute Gasteiger partial charge is 0.0702 e. The lowest BCUT2D eigenvalue weighted by Gasteiger charge is -2.28. The third-order valence-electron chi connectivity index (χ3n) is 4.47. The molecule has 1 aliphatic heterocycles. The van der Waals surface area contributed by atoms with Crippen LogP contribution in [0.4, 0.5) is 0 Å². The molecule has 3 nitrogen and oxygen atoms in total. The molecule has 1 aliphatic rings. The Labute approximate surface area is 121 Å². The number of aromatic nitrogens is 1. The van der Waals surface area contributed by atoms with Gasteiger partial charge in [-0.25, -0.2) is 0 Å². The maximum Gasteiger partial charge on any atom is 0.0702 e. The second-order valence-corrected chi connectivity index (χ2v) is 5.64. The largest absolute Gasteiger partial charge is 0.319 e. The van der Waals surface area contributed by atoms with E-state index >= 15 is 0 Å². The van der Waals surface area contributed by atoms with Gasteiger partial charge in [-0.15, -0.1) is 0 Å². The number of fused-ring (bicyclic) bond motifs is 1. The molecule has 2 aromatic rings. The summed E-state index contributed by atoms with van der Waals surface area (Å²) in [6.07, 6.45) is 3.14. The standard InChI is InChI=1S/C17H23N3/c1-3-20-10-8-15(12-18-2)17(20)14-6-7-16-13(11-14)5-4-9-19-16/h4-7,9,11,15,17-18H,3,8,10,12H2,1-2H3. The SMILES string of the molecule is CCN1CCC(CNC)C1c1ccc2ncccc2c1. The minimum Gasteiger partial charge on any atom is -0.319 e. The van der Waals surface area contributed by atoms with Crippen LogP contribution in [0.15, 0.2) is 36.5 Å². The first kappa shape index (κ1) is 13.5. The minimum atomic E-state index is 0.539. The molecule has 0 bridgehead atoms. The van der Waals surface area contributed by atoms with Gasteiger partial charge >= 0.3 is 0 Å². The third kappa shape index (κ3) is 2.43. The van der Waals surface area contributed by atoms with Crippen molar-refractivity contribution in [3.8, 4) is 0 Å². The number of likely N-dealkylation sites (tertiary alicyclic amines) is 1. The zero-order chi connectivity index (χ0) is 13.9. The summed E-state index contributed by atoms with van der Waals surface area (Å²) >= 11 is 0. The number of hydrogen-bond acceptors (Lipinski definition) is 3. The van der Waals surface area contributed by atoms with Gasteiger partial charge in [0.05, 0.1) is 5.52 Å². The Hall–Kier alpha value is -1.45. The van der Waals surface area contributed by atoms with E-state index in [0.717, 1.165) is 18.6 Å². The lowest BCUT2D eigenvalue weighted by molar-refractivity contribution is 0.238. The highest BCUT2D eigenvalue weighted by Gasteiger charge is 2.33. The van der Waals surface area contributed by atoms with Crippen LogP contribution in [0.5, 0.6) is 0 Å². The molecule has 1 saturated heterocycles. The molecule has 2 atom stereocenters. The van der Waals surface area contributed by atoms with Crippen molar-refractivity contribution in [1.82, 2.24) is 15.2 Å². The van der Waals surface area contributed by atoms with Gasteiger partial charge < -0.3 is 5.32 Å². The molecule has 3 heteroatoms. The highest BCUT2D eigenvalue weighted by Crippen LogP contribution is 2.37. The molecule has 2 unspecified atom stereocenters. The molecular weight excluding hydrogens is 246 g/mol. The van der Waals surface area contributed by atoms with Gasteiger partial charge in [-0.3, -0.25) is 9.88 Å². The van der Waals surface area contributed by atoms with Crippen molar-refractivity contribution in [2.75, 3.05) is 26.7 Å². The zero-order valence-electron chi connectivity index (χ0n) is 12.3. The molecule has 0 spiro atoms. The zero-order valence-corrected chi connectivity index (χ0v) is 12.3. The summed E-state index contributed by atoms with van der Waals surface area (Å²) in [4.78, 5) is 7.01. The Morgan fingerprint density at radius 2 is 2.25 bits per heavy atom. The second-order valence-electron chi connectivity index (χ2n) is 5.64. The van der Waals surface area contributed by atoms with E-state index in [1.165, 1.54) is 23.9 Å². The van der Waals surface area contributed by atoms with Crippen molar-refractivity contribution < 1.29 is 0 Å². The molecule has 0 amide bonds. The van der Waals surface area contributed by atoms with E-state index in [9.17, 15) is 0 Å². The van der Waals surface area contributed by atoms with Gasteiger partial charge in [0.1, 0.15) is 0 Å². The lowest BCUT2D eigenvalue weighted by Crippen LogP contribution is -2.29. The van der Waals surface area contributed by atoms with E-state index in [1.807, 2.05) is 12.3 Å². The number of pyridine rings is 1. The summed E-state index contributed by atoms with van der Waals surface area (Å²) in [6.45, 7) is 5.68. The Kier molecular flexibility index (Phi) is 3.99. The van der Waals surface area contributed by atoms with E-state index in [0.29, 0.717) is 12.0 Å². The summed E-state index contributed by atoms with van der Waals surface area (Å²) in [5.74, 6) is 0.703. The maximum absolute atomic E-state index is 4.42. The molecule has 1 N–H and O–H groups in total. The predicted octanol–water partition coefficient (Wildman–Crippen LogP) is 2.84. The molecule has 0 aliphatic carbocycles. The third-order valence-corrected chi connectivity index (χ3v) is 4.47. The summed E-state index contributed by atoms with van der Waals surface area (Å²) in [5, 5.41) is 4.60. The number of nitrogens with zero attached hydrogens (tertiary/aromatic N) is 2. The van der Waals surface area contributed by atoms with Gasteiger partial charge in [0.2, 0.25) is 0 Å². The molecule has 1 aromatic carbocycles. The maximum atomic E-state index is 4.42. The van der Waals surface area contributed by atoms with Crippen molar-refractivity contribution in [1.29, 1.82) is 0 Å². The van der Waals surface area contributed by atoms with E-state index in [4.69, 9.17) is 0 Å². The molecule has 20 heavy (non-hydrogen) atoms. The van der Waals surface area contributed by atoms with Crippen LogP contribution in [0.25, 0.3) is 10.9 Å². The first-order valence-corrected chi connectivity index (χ1v) is 7.57. The van der Waals surface area contributed by atoms with Crippen LogP contribution in [0.1, 0.15) is 24.9 Å². The highest BCUT2D eigenvalue weighted by molar-refractivity contribution is 5.79. The molecule has 0 radical (unpaired) electrons. The summed E-state index contributed by atoms with van der Waals surface area (Å²) < 4.78 is 0. The van der Waals surface area contributed by atoms with Gasteiger partial charge in [-0.2, -0.15) is 0 Å². The van der Waals surface area contributed by atoms with Gasteiger partial charge in [-0.05, 0) is 62.8 Å². The van der Waals surface area contributed by atoms with Crippen LogP contribution in [0.3, 0.4) is 0 Å². The van der Waals surface area contributed by atoms with Crippen LogP contribution in [-0.4, -0.2) is 36.6 Å². The Morgan fingerprint density at radius 1 is 1.35 bits per heavy atom. The topological polar surface area (TPSA) is 28.2 Å². The number of rotatable bonds is 4. The van der Waals surface area contributed by atoms with Crippen LogP contribution in [0, 0.1) is 5.92 Å². The Bertz CT molecular complexity index is 581. The first-order valence-electron chi connectivity index (χ1n) is 7.57. The predicted molar refractivity (Wildman–Crippen MR) is 83.8 cm³/mol. The van der Waals surface area contributed by atoms with Crippen molar-refractivity contribution in [3.63, 3.8) is 0 Å². The molecule has 1 aromatic heterocycles. The molecule has 3 rings (SSSR count). The van der Waals surface area contributed by atoms with Crippen LogP contribution in [-0.2, 0) is 0 Å². The number of hydrogen-bond donors (Lipinski definition) is 1. The summed E-state index contributed by atoms with van der Waals surface area (Å²) in [5.41, 5.74) is 2.52. The van der Waals surface area contributed by atoms with Gasteiger partial charge in [0.15, 0.2) is 0 Å². The van der Waals surface area contributed by atoms with Crippen molar-refractivity contribution in [2.45, 2.75) is 19.4 Å². The second kappa shape index (κ2) is 5.90. The van der Waals surface area contributed by atoms with Gasteiger partial charge in [0.25, 0.3) is 0 Å². The molecule has 1 fully saturated rings. The average Bonchev–Trinajstić information content (AvgIpc) is 2.90. The number of benzene rings is 1. The van der Waals surface area contributed by atoms with Crippen LogP contribution in [0.2, 0.25) is 0 Å². The van der Waals surface area contributed by atoms with E-state index in [1.54, 1.807) is 0 Å². The Balaban J connectivity index is 1.97. The normalized spacial score (nSPS) is 23.5. The molecule has 0 saturated carbocycles. The van der Waals surface area contributed by atoms with Crippen molar-refractivity contribution >= 4 is 10.9 Å². The fourth-order valence-electron chi connectivity index (χ4n) is 3.52. The minimum absolute atomic E-state index is 0.539. The Morgan fingerprint density at radius 3 is 3.05 bits per heavy atom. The fraction of sp³-hybridized carbons (Fsp3) is 0.471.